The van der Waals surface area contributed by atoms with Crippen molar-refractivity contribution in [3.63, 3.8) is 0 Å². The van der Waals surface area contributed by atoms with Crippen LogP contribution in [0.3, 0.4) is 0 Å². The molecule has 1 amide bonds. The average Bonchev–Trinajstić information content (AvgIpc) is 3.23. The molecule has 0 saturated carbocycles. The molecule has 2 aromatic rings. The molecular weight excluding hydrogens is 346 g/mol. The largest absolute Gasteiger partial charge is 0.493 e. The van der Waals surface area contributed by atoms with E-state index in [1.54, 1.807) is 37.3 Å². The molecule has 1 aromatic heterocycles. The summed E-state index contributed by atoms with van der Waals surface area (Å²) in [5.41, 5.74) is 1.25. The van der Waals surface area contributed by atoms with Crippen LogP contribution in [0.4, 0.5) is 0 Å². The van der Waals surface area contributed by atoms with Crippen LogP contribution >= 0.6 is 0 Å². The average molecular weight is 373 g/mol. The molecule has 0 spiro atoms. The molecule has 1 aliphatic heterocycles. The Bertz CT molecular complexity index is 755. The number of ether oxygens (including phenoxy) is 2. The molecule has 2 heterocycles. The van der Waals surface area contributed by atoms with E-state index in [-0.39, 0.29) is 18.1 Å². The summed E-state index contributed by atoms with van der Waals surface area (Å²) in [6.45, 7) is 3.95. The van der Waals surface area contributed by atoms with E-state index in [1.807, 2.05) is 13.0 Å². The van der Waals surface area contributed by atoms with Crippen LogP contribution in [-0.4, -0.2) is 61.3 Å². The van der Waals surface area contributed by atoms with Crippen LogP contribution in [0.5, 0.6) is 11.5 Å². The third-order valence-electron chi connectivity index (χ3n) is 5.16. The van der Waals surface area contributed by atoms with Gasteiger partial charge in [-0.2, -0.15) is 0 Å². The summed E-state index contributed by atoms with van der Waals surface area (Å²) in [4.78, 5) is 16.8. The highest BCUT2D eigenvalue weighted by Gasteiger charge is 2.23. The molecule has 1 aromatic carbocycles. The number of methoxy groups -OCH3 is 1. The highest BCUT2D eigenvalue weighted by molar-refractivity contribution is 5.95. The zero-order valence-corrected chi connectivity index (χ0v) is 16.3. The van der Waals surface area contributed by atoms with E-state index in [9.17, 15) is 4.79 Å². The number of carbonyl (C=O) groups is 1. The van der Waals surface area contributed by atoms with E-state index in [0.29, 0.717) is 22.8 Å². The quantitative estimate of drug-likeness (QED) is 0.775. The number of piperidine rings is 1. The Morgan fingerprint density at radius 1 is 1.30 bits per heavy atom. The highest BCUT2D eigenvalue weighted by atomic mass is 16.5. The molecule has 0 N–H and O–H groups in total. The van der Waals surface area contributed by atoms with Gasteiger partial charge in [0.2, 0.25) is 0 Å². The number of likely N-dealkylation sites (tertiary alicyclic amines) is 1. The summed E-state index contributed by atoms with van der Waals surface area (Å²) in [7, 11) is 5.46. The summed E-state index contributed by atoms with van der Waals surface area (Å²) in [5, 5.41) is 3.91. The third-order valence-corrected chi connectivity index (χ3v) is 5.16. The zero-order chi connectivity index (χ0) is 19.4. The molecule has 1 atom stereocenters. The van der Waals surface area contributed by atoms with E-state index < -0.39 is 0 Å². The molecule has 0 radical (unpaired) electrons. The molecule has 1 aliphatic rings. The van der Waals surface area contributed by atoms with Crippen LogP contribution in [0.25, 0.3) is 0 Å². The van der Waals surface area contributed by atoms with Crippen molar-refractivity contribution in [3.05, 3.63) is 41.8 Å². The normalized spacial score (nSPS) is 16.7. The van der Waals surface area contributed by atoms with Gasteiger partial charge >= 0.3 is 0 Å². The highest BCUT2D eigenvalue weighted by Crippen LogP contribution is 2.31. The Labute approximate surface area is 159 Å². The van der Waals surface area contributed by atoms with Gasteiger partial charge in [0.05, 0.1) is 13.2 Å². The second-order valence-corrected chi connectivity index (χ2v) is 7.00. The number of amides is 1. The fourth-order valence-corrected chi connectivity index (χ4v) is 3.20. The van der Waals surface area contributed by atoms with E-state index >= 15 is 0 Å². The molecule has 0 aliphatic carbocycles. The molecule has 0 unspecified atom stereocenters. The van der Waals surface area contributed by atoms with Crippen molar-refractivity contribution in [2.75, 3.05) is 34.3 Å². The Hall–Kier alpha value is -2.54. The minimum atomic E-state index is -0.197. The number of hydrogen-bond acceptors (Lipinski definition) is 6. The lowest BCUT2D eigenvalue weighted by molar-refractivity contribution is 0.0737. The number of nitrogens with zero attached hydrogens (tertiary/aromatic N) is 3. The number of aromatic nitrogens is 1. The van der Waals surface area contributed by atoms with Gasteiger partial charge in [-0.1, -0.05) is 5.16 Å². The van der Waals surface area contributed by atoms with Gasteiger partial charge in [-0.05, 0) is 45.0 Å². The molecule has 1 fully saturated rings. The Morgan fingerprint density at radius 3 is 2.67 bits per heavy atom. The van der Waals surface area contributed by atoms with Crippen LogP contribution in [0.2, 0.25) is 0 Å². The summed E-state index contributed by atoms with van der Waals surface area (Å²) in [6.07, 6.45) is 3.64. The van der Waals surface area contributed by atoms with Crippen LogP contribution in [0.15, 0.2) is 35.1 Å². The second kappa shape index (κ2) is 8.43. The van der Waals surface area contributed by atoms with Crippen molar-refractivity contribution < 1.29 is 18.8 Å². The van der Waals surface area contributed by atoms with Gasteiger partial charge < -0.3 is 23.8 Å². The van der Waals surface area contributed by atoms with Gasteiger partial charge in [0, 0.05) is 31.8 Å². The fourth-order valence-electron chi connectivity index (χ4n) is 3.20. The van der Waals surface area contributed by atoms with Gasteiger partial charge in [0.1, 0.15) is 18.1 Å². The van der Waals surface area contributed by atoms with E-state index in [4.69, 9.17) is 14.0 Å². The molecular formula is C20H27N3O4. The first kappa shape index (κ1) is 19.2. The Kier molecular flexibility index (Phi) is 6.01. The fraction of sp³-hybridized carbons (Fsp3) is 0.500. The predicted octanol–water partition coefficient (Wildman–Crippen LogP) is 2.99. The molecule has 7 heteroatoms. The molecule has 27 heavy (non-hydrogen) atoms. The summed E-state index contributed by atoms with van der Waals surface area (Å²) in [6, 6.07) is 6.89. The van der Waals surface area contributed by atoms with Crippen LogP contribution in [0.1, 0.15) is 41.9 Å². The molecule has 3 rings (SSSR count). The van der Waals surface area contributed by atoms with Crippen LogP contribution < -0.4 is 9.47 Å². The van der Waals surface area contributed by atoms with E-state index in [2.05, 4.69) is 17.1 Å². The number of carbonyl (C=O) groups excluding carboxylic acids is 1. The maximum atomic E-state index is 12.9. The van der Waals surface area contributed by atoms with Crippen LogP contribution in [-0.2, 0) is 0 Å². The van der Waals surface area contributed by atoms with Crippen molar-refractivity contribution >= 4 is 5.91 Å². The van der Waals surface area contributed by atoms with Crippen molar-refractivity contribution in [3.8, 4) is 11.5 Å². The molecule has 7 nitrogen and oxygen atoms in total. The first-order valence-electron chi connectivity index (χ1n) is 9.20. The van der Waals surface area contributed by atoms with Crippen LogP contribution in [0, 0.1) is 0 Å². The maximum Gasteiger partial charge on any atom is 0.254 e. The SMILES string of the molecule is COc1cc(C(=O)N(C)[C@@H](C)c2ccon2)ccc1OC1CCN(C)CC1. The van der Waals surface area contributed by atoms with Crippen molar-refractivity contribution in [2.45, 2.75) is 31.9 Å². The first-order valence-corrected chi connectivity index (χ1v) is 9.20. The van der Waals surface area contributed by atoms with E-state index in [0.717, 1.165) is 25.9 Å². The summed E-state index contributed by atoms with van der Waals surface area (Å²) >= 11 is 0. The van der Waals surface area contributed by atoms with Crippen molar-refractivity contribution in [1.29, 1.82) is 0 Å². The van der Waals surface area contributed by atoms with Gasteiger partial charge in [0.15, 0.2) is 11.5 Å². The van der Waals surface area contributed by atoms with Gasteiger partial charge in [-0.25, -0.2) is 0 Å². The monoisotopic (exact) mass is 373 g/mol. The van der Waals surface area contributed by atoms with Gasteiger partial charge in [-0.15, -0.1) is 0 Å². The van der Waals surface area contributed by atoms with Crippen molar-refractivity contribution in [2.24, 2.45) is 0 Å². The lowest BCUT2D eigenvalue weighted by Gasteiger charge is -2.29. The number of hydrogen-bond donors (Lipinski definition) is 0. The summed E-state index contributed by atoms with van der Waals surface area (Å²) in [5.74, 6) is 1.13. The molecule has 0 bridgehead atoms. The zero-order valence-electron chi connectivity index (χ0n) is 16.3. The van der Waals surface area contributed by atoms with Gasteiger partial charge in [-0.3, -0.25) is 4.79 Å². The van der Waals surface area contributed by atoms with Crippen molar-refractivity contribution in [1.82, 2.24) is 15.0 Å². The summed E-state index contributed by atoms with van der Waals surface area (Å²) < 4.78 is 16.5. The first-order chi connectivity index (χ1) is 13.0. The topological polar surface area (TPSA) is 68.0 Å². The third kappa shape index (κ3) is 4.42. The minimum absolute atomic E-state index is 0.116. The number of benzene rings is 1. The minimum Gasteiger partial charge on any atom is -0.493 e. The lowest BCUT2D eigenvalue weighted by Crippen LogP contribution is -2.35. The predicted molar refractivity (Wildman–Crippen MR) is 101 cm³/mol. The number of rotatable bonds is 6. The van der Waals surface area contributed by atoms with Gasteiger partial charge in [0.25, 0.3) is 5.91 Å². The molecule has 146 valence electrons. The lowest BCUT2D eigenvalue weighted by atomic mass is 10.1. The van der Waals surface area contributed by atoms with E-state index in [1.165, 1.54) is 6.26 Å². The Balaban J connectivity index is 1.72. The smallest absolute Gasteiger partial charge is 0.254 e. The second-order valence-electron chi connectivity index (χ2n) is 7.00. The standard InChI is InChI=1S/C20H27N3O4/c1-14(17-9-12-26-21-17)23(3)20(24)15-5-6-18(19(13-15)25-4)27-16-7-10-22(2)11-8-16/h5-6,9,12-14,16H,7-8,10-11H2,1-4H3/t14-/m0/s1. The maximum absolute atomic E-state index is 12.9. The molecule has 1 saturated heterocycles. The Morgan fingerprint density at radius 2 is 2.04 bits per heavy atom.